The lowest BCUT2D eigenvalue weighted by Crippen LogP contribution is -2.55. The van der Waals surface area contributed by atoms with Gasteiger partial charge in [-0.15, -0.1) is 0 Å². The first kappa shape index (κ1) is 12.4. The van der Waals surface area contributed by atoms with E-state index in [0.29, 0.717) is 18.0 Å². The fourth-order valence-electron chi connectivity index (χ4n) is 2.67. The summed E-state index contributed by atoms with van der Waals surface area (Å²) in [6, 6.07) is 10.2. The monoisotopic (exact) mass is 232 g/mol. The van der Waals surface area contributed by atoms with Crippen LogP contribution in [0.3, 0.4) is 0 Å². The minimum Gasteiger partial charge on any atom is -0.364 e. The van der Waals surface area contributed by atoms with Crippen LogP contribution in [0.25, 0.3) is 0 Å². The lowest BCUT2D eigenvalue weighted by molar-refractivity contribution is 0.432. The molecule has 1 aromatic rings. The zero-order valence-corrected chi connectivity index (χ0v) is 11.4. The van der Waals surface area contributed by atoms with Gasteiger partial charge in [0.05, 0.1) is 0 Å². The Balaban J connectivity index is 2.20. The molecule has 0 saturated carbocycles. The van der Waals surface area contributed by atoms with Crippen LogP contribution in [0.2, 0.25) is 0 Å². The second-order valence-corrected chi connectivity index (χ2v) is 5.51. The van der Waals surface area contributed by atoms with E-state index < -0.39 is 0 Å². The van der Waals surface area contributed by atoms with Crippen molar-refractivity contribution < 1.29 is 0 Å². The van der Waals surface area contributed by atoms with E-state index in [0.717, 1.165) is 13.1 Å². The Morgan fingerprint density at radius 1 is 1.06 bits per heavy atom. The van der Waals surface area contributed by atoms with E-state index in [4.69, 9.17) is 0 Å². The van der Waals surface area contributed by atoms with Crippen LogP contribution in [0, 0.1) is 0 Å². The molecule has 17 heavy (non-hydrogen) atoms. The Labute approximate surface area is 105 Å². The zero-order valence-electron chi connectivity index (χ0n) is 11.4. The number of hydrogen-bond donors (Lipinski definition) is 1. The molecule has 1 aromatic carbocycles. The second-order valence-electron chi connectivity index (χ2n) is 5.51. The molecule has 2 nitrogen and oxygen atoms in total. The fourth-order valence-corrected chi connectivity index (χ4v) is 2.67. The molecule has 0 bridgehead atoms. The molecule has 94 valence electrons. The summed E-state index contributed by atoms with van der Waals surface area (Å²) in [7, 11) is 0. The predicted molar refractivity (Wildman–Crippen MR) is 74.8 cm³/mol. The maximum absolute atomic E-state index is 3.47. The van der Waals surface area contributed by atoms with Crippen molar-refractivity contribution in [2.45, 2.75) is 45.7 Å². The number of nitrogens with zero attached hydrogens (tertiary/aromatic N) is 1. The van der Waals surface area contributed by atoms with Gasteiger partial charge in [0.2, 0.25) is 0 Å². The van der Waals surface area contributed by atoms with Crippen LogP contribution in [0.1, 0.15) is 39.2 Å². The molecule has 0 unspecified atom stereocenters. The molecule has 1 fully saturated rings. The minimum absolute atomic E-state index is 0.573. The quantitative estimate of drug-likeness (QED) is 0.843. The molecule has 1 N–H and O–H groups in total. The van der Waals surface area contributed by atoms with Gasteiger partial charge in [0, 0.05) is 30.9 Å². The first-order valence-corrected chi connectivity index (χ1v) is 6.68. The van der Waals surface area contributed by atoms with Crippen LogP contribution >= 0.6 is 0 Å². The summed E-state index contributed by atoms with van der Waals surface area (Å²) in [5, 5.41) is 3.47. The summed E-state index contributed by atoms with van der Waals surface area (Å²) in [5.41, 5.74) is 2.78. The van der Waals surface area contributed by atoms with Crippen molar-refractivity contribution in [3.8, 4) is 0 Å². The van der Waals surface area contributed by atoms with Crippen molar-refractivity contribution in [1.29, 1.82) is 0 Å². The smallest absolute Gasteiger partial charge is 0.0389 e. The standard InChI is InChI=1S/C15H24N2/c1-11(2)14-5-7-15(8-6-14)17-12(3)9-16-10-13(17)4/h5-8,11-13,16H,9-10H2,1-4H3/t12-,13+. The third-order valence-corrected chi connectivity index (χ3v) is 3.69. The van der Waals surface area contributed by atoms with E-state index in [2.05, 4.69) is 62.2 Å². The number of hydrogen-bond acceptors (Lipinski definition) is 2. The van der Waals surface area contributed by atoms with Crippen LogP contribution in [-0.2, 0) is 0 Å². The highest BCUT2D eigenvalue weighted by atomic mass is 15.2. The minimum atomic E-state index is 0.573. The lowest BCUT2D eigenvalue weighted by Gasteiger charge is -2.41. The van der Waals surface area contributed by atoms with Gasteiger partial charge in [0.25, 0.3) is 0 Å². The number of nitrogens with one attached hydrogen (secondary N) is 1. The molecule has 0 aliphatic carbocycles. The van der Waals surface area contributed by atoms with Crippen molar-refractivity contribution in [3.63, 3.8) is 0 Å². The highest BCUT2D eigenvalue weighted by Crippen LogP contribution is 2.24. The van der Waals surface area contributed by atoms with Gasteiger partial charge >= 0.3 is 0 Å². The van der Waals surface area contributed by atoms with E-state index in [-0.39, 0.29) is 0 Å². The second kappa shape index (κ2) is 5.09. The van der Waals surface area contributed by atoms with E-state index in [1.807, 2.05) is 0 Å². The van der Waals surface area contributed by atoms with Crippen LogP contribution in [0.4, 0.5) is 5.69 Å². The average molecular weight is 232 g/mol. The summed E-state index contributed by atoms with van der Waals surface area (Å²) in [6.45, 7) is 11.2. The van der Waals surface area contributed by atoms with Gasteiger partial charge in [-0.25, -0.2) is 0 Å². The normalized spacial score (nSPS) is 25.4. The van der Waals surface area contributed by atoms with Crippen molar-refractivity contribution in [3.05, 3.63) is 29.8 Å². The molecule has 1 aliphatic heterocycles. The molecule has 1 aliphatic rings. The molecule has 0 radical (unpaired) electrons. The third kappa shape index (κ3) is 2.63. The summed E-state index contributed by atoms with van der Waals surface area (Å²) in [4.78, 5) is 2.53. The van der Waals surface area contributed by atoms with Gasteiger partial charge in [-0.3, -0.25) is 0 Å². The van der Waals surface area contributed by atoms with Crippen molar-refractivity contribution >= 4 is 5.69 Å². The lowest BCUT2D eigenvalue weighted by atomic mass is 10.0. The molecule has 0 aromatic heterocycles. The van der Waals surface area contributed by atoms with Crippen LogP contribution in [-0.4, -0.2) is 25.2 Å². The first-order chi connectivity index (χ1) is 8.09. The molecule has 1 heterocycles. The van der Waals surface area contributed by atoms with Crippen molar-refractivity contribution in [2.75, 3.05) is 18.0 Å². The molecule has 1 saturated heterocycles. The highest BCUT2D eigenvalue weighted by Gasteiger charge is 2.24. The highest BCUT2D eigenvalue weighted by molar-refractivity contribution is 5.50. The third-order valence-electron chi connectivity index (χ3n) is 3.69. The van der Waals surface area contributed by atoms with Gasteiger partial charge in [0.15, 0.2) is 0 Å². The maximum Gasteiger partial charge on any atom is 0.0389 e. The summed E-state index contributed by atoms with van der Waals surface area (Å²) in [6.07, 6.45) is 0. The van der Waals surface area contributed by atoms with Gasteiger partial charge in [-0.05, 0) is 37.5 Å². The van der Waals surface area contributed by atoms with Crippen molar-refractivity contribution in [2.24, 2.45) is 0 Å². The average Bonchev–Trinajstić information content (AvgIpc) is 2.29. The van der Waals surface area contributed by atoms with Gasteiger partial charge in [-0.2, -0.15) is 0 Å². The largest absolute Gasteiger partial charge is 0.364 e. The van der Waals surface area contributed by atoms with E-state index >= 15 is 0 Å². The Morgan fingerprint density at radius 2 is 1.59 bits per heavy atom. The van der Waals surface area contributed by atoms with Gasteiger partial charge in [-0.1, -0.05) is 26.0 Å². The molecule has 0 spiro atoms. The molecule has 2 heteroatoms. The first-order valence-electron chi connectivity index (χ1n) is 6.68. The fraction of sp³-hybridized carbons (Fsp3) is 0.600. The van der Waals surface area contributed by atoms with E-state index in [9.17, 15) is 0 Å². The summed E-state index contributed by atoms with van der Waals surface area (Å²) in [5.74, 6) is 0.613. The van der Waals surface area contributed by atoms with Crippen molar-refractivity contribution in [1.82, 2.24) is 5.32 Å². The molecule has 2 atom stereocenters. The van der Waals surface area contributed by atoms with E-state index in [1.54, 1.807) is 0 Å². The predicted octanol–water partition coefficient (Wildman–Crippen LogP) is 3.00. The molecular formula is C15H24N2. The molecule has 2 rings (SSSR count). The van der Waals surface area contributed by atoms with Gasteiger partial charge < -0.3 is 10.2 Å². The van der Waals surface area contributed by atoms with Gasteiger partial charge in [0.1, 0.15) is 0 Å². The maximum atomic E-state index is 3.47. The number of benzene rings is 1. The summed E-state index contributed by atoms with van der Waals surface area (Å²) >= 11 is 0. The topological polar surface area (TPSA) is 15.3 Å². The Hall–Kier alpha value is -1.02. The SMILES string of the molecule is CC(C)c1ccc(N2[C@H](C)CNC[C@@H]2C)cc1. The van der Waals surface area contributed by atoms with E-state index in [1.165, 1.54) is 11.3 Å². The number of rotatable bonds is 2. The van der Waals surface area contributed by atoms with Crippen LogP contribution in [0.5, 0.6) is 0 Å². The molecule has 0 amide bonds. The van der Waals surface area contributed by atoms with Crippen LogP contribution < -0.4 is 10.2 Å². The Bertz CT molecular complexity index is 346. The Morgan fingerprint density at radius 3 is 2.06 bits per heavy atom. The van der Waals surface area contributed by atoms with Crippen LogP contribution in [0.15, 0.2) is 24.3 Å². The summed E-state index contributed by atoms with van der Waals surface area (Å²) < 4.78 is 0. The zero-order chi connectivity index (χ0) is 12.4. The molecular weight excluding hydrogens is 208 g/mol. The Kier molecular flexibility index (Phi) is 3.72. The number of anilines is 1. The number of piperazine rings is 1.